The molecule has 8 heteroatoms. The summed E-state index contributed by atoms with van der Waals surface area (Å²) in [5.41, 5.74) is 3.57. The summed E-state index contributed by atoms with van der Waals surface area (Å²) in [6.07, 6.45) is 5.06. The molecule has 2 fully saturated rings. The van der Waals surface area contributed by atoms with E-state index in [4.69, 9.17) is 14.6 Å². The van der Waals surface area contributed by atoms with Crippen molar-refractivity contribution < 1.29 is 9.47 Å². The summed E-state index contributed by atoms with van der Waals surface area (Å²) in [6.45, 7) is 3.81. The summed E-state index contributed by atoms with van der Waals surface area (Å²) in [7, 11) is 3.77. The lowest BCUT2D eigenvalue weighted by Gasteiger charge is -2.49. The van der Waals surface area contributed by atoms with Crippen LogP contribution in [0.25, 0.3) is 11.5 Å². The molecule has 2 aliphatic carbocycles. The van der Waals surface area contributed by atoms with Crippen LogP contribution in [0, 0.1) is 5.92 Å². The van der Waals surface area contributed by atoms with E-state index in [-0.39, 0.29) is 11.2 Å². The predicted octanol–water partition coefficient (Wildman–Crippen LogP) is 1.36. The van der Waals surface area contributed by atoms with Crippen LogP contribution in [0.5, 0.6) is 0 Å². The number of ether oxygens (including phenoxy) is 2. The van der Waals surface area contributed by atoms with Crippen molar-refractivity contribution in [2.24, 2.45) is 20.0 Å². The summed E-state index contributed by atoms with van der Waals surface area (Å²) in [6, 6.07) is 0. The Morgan fingerprint density at radius 2 is 1.92 bits per heavy atom. The van der Waals surface area contributed by atoms with Crippen molar-refractivity contribution in [3.05, 3.63) is 11.3 Å². The number of tetrazole rings is 1. The normalized spacial score (nSPS) is 30.4. The SMILES string of the molecule is Cn1nnc(-c2c3c(nn2C)[C@@]2(C)CCC4(CC2CC3)OCCO4)n1. The topological polar surface area (TPSA) is 79.9 Å². The van der Waals surface area contributed by atoms with Crippen molar-refractivity contribution in [1.29, 1.82) is 0 Å². The third-order valence-electron chi connectivity index (χ3n) is 6.45. The van der Waals surface area contributed by atoms with Crippen molar-refractivity contribution in [2.45, 2.75) is 50.2 Å². The monoisotopic (exact) mass is 344 g/mol. The van der Waals surface area contributed by atoms with E-state index in [1.807, 2.05) is 11.7 Å². The van der Waals surface area contributed by atoms with Crippen LogP contribution in [0.2, 0.25) is 0 Å². The zero-order valence-electron chi connectivity index (χ0n) is 15.0. The number of rotatable bonds is 1. The van der Waals surface area contributed by atoms with Crippen LogP contribution in [0.3, 0.4) is 0 Å². The number of hydrogen-bond donors (Lipinski definition) is 0. The summed E-state index contributed by atoms with van der Waals surface area (Å²) >= 11 is 0. The molecular weight excluding hydrogens is 320 g/mol. The minimum absolute atomic E-state index is 0.0619. The van der Waals surface area contributed by atoms with Crippen molar-refractivity contribution in [3.63, 3.8) is 0 Å². The van der Waals surface area contributed by atoms with Crippen LogP contribution in [-0.2, 0) is 35.4 Å². The van der Waals surface area contributed by atoms with Crippen molar-refractivity contribution in [2.75, 3.05) is 13.2 Å². The zero-order chi connectivity index (χ0) is 17.2. The van der Waals surface area contributed by atoms with E-state index in [0.29, 0.717) is 11.7 Å². The first-order chi connectivity index (χ1) is 12.0. The van der Waals surface area contributed by atoms with Gasteiger partial charge in [-0.1, -0.05) is 6.92 Å². The molecular formula is C17H24N6O2. The number of aromatic nitrogens is 6. The smallest absolute Gasteiger partial charge is 0.223 e. The molecule has 8 nitrogen and oxygen atoms in total. The van der Waals surface area contributed by atoms with Crippen LogP contribution in [0.1, 0.15) is 43.9 Å². The summed E-state index contributed by atoms with van der Waals surface area (Å²) in [5, 5.41) is 17.5. The van der Waals surface area contributed by atoms with Crippen LogP contribution < -0.4 is 0 Å². The van der Waals surface area contributed by atoms with Gasteiger partial charge in [-0.2, -0.15) is 9.90 Å². The van der Waals surface area contributed by atoms with E-state index in [2.05, 4.69) is 22.3 Å². The van der Waals surface area contributed by atoms with Crippen LogP contribution in [0.15, 0.2) is 0 Å². The number of aryl methyl sites for hydroxylation is 2. The second-order valence-corrected chi connectivity index (χ2v) is 7.87. The molecule has 0 radical (unpaired) electrons. The van der Waals surface area contributed by atoms with Gasteiger partial charge in [0.25, 0.3) is 0 Å². The third kappa shape index (κ3) is 2.13. The highest BCUT2D eigenvalue weighted by Crippen LogP contribution is 2.54. The Kier molecular flexibility index (Phi) is 3.16. The highest BCUT2D eigenvalue weighted by atomic mass is 16.7. The predicted molar refractivity (Wildman–Crippen MR) is 88.6 cm³/mol. The van der Waals surface area contributed by atoms with Gasteiger partial charge in [0.15, 0.2) is 5.79 Å². The third-order valence-corrected chi connectivity index (χ3v) is 6.45. The highest BCUT2D eigenvalue weighted by Gasteiger charge is 2.54. The lowest BCUT2D eigenvalue weighted by atomic mass is 9.59. The Balaban J connectivity index is 1.55. The van der Waals surface area contributed by atoms with Gasteiger partial charge in [-0.25, -0.2) is 0 Å². The van der Waals surface area contributed by atoms with E-state index in [0.717, 1.165) is 51.0 Å². The van der Waals surface area contributed by atoms with Gasteiger partial charge in [0, 0.05) is 30.9 Å². The molecule has 2 atom stereocenters. The molecule has 2 aromatic heterocycles. The van der Waals surface area contributed by atoms with Gasteiger partial charge < -0.3 is 9.47 Å². The first kappa shape index (κ1) is 15.5. The molecule has 5 rings (SSSR count). The quantitative estimate of drug-likeness (QED) is 0.777. The summed E-state index contributed by atoms with van der Waals surface area (Å²) in [4.78, 5) is 1.50. The average Bonchev–Trinajstić information content (AvgIpc) is 3.28. The molecule has 25 heavy (non-hydrogen) atoms. The molecule has 1 saturated carbocycles. The Hall–Kier alpha value is -1.80. The lowest BCUT2D eigenvalue weighted by molar-refractivity contribution is -0.199. The van der Waals surface area contributed by atoms with Crippen LogP contribution in [-0.4, -0.2) is 49.0 Å². The molecule has 1 unspecified atom stereocenters. The maximum absolute atomic E-state index is 5.99. The number of fused-ring (bicyclic) bond motifs is 3. The zero-order valence-corrected chi connectivity index (χ0v) is 15.0. The van der Waals surface area contributed by atoms with E-state index in [1.54, 1.807) is 7.05 Å². The van der Waals surface area contributed by atoms with Gasteiger partial charge in [0.1, 0.15) is 5.69 Å². The summed E-state index contributed by atoms with van der Waals surface area (Å²) < 4.78 is 13.9. The molecule has 1 aliphatic heterocycles. The fourth-order valence-corrected chi connectivity index (χ4v) is 5.09. The van der Waals surface area contributed by atoms with Gasteiger partial charge in [-0.3, -0.25) is 4.68 Å². The Labute approximate surface area is 146 Å². The lowest BCUT2D eigenvalue weighted by Crippen LogP contribution is -2.49. The Morgan fingerprint density at radius 1 is 1.12 bits per heavy atom. The van der Waals surface area contributed by atoms with Crippen molar-refractivity contribution in [3.8, 4) is 11.5 Å². The maximum atomic E-state index is 5.99. The molecule has 0 amide bonds. The van der Waals surface area contributed by atoms with Gasteiger partial charge >= 0.3 is 0 Å². The standard InChI is InChI=1S/C17H24N6O2/c1-16-6-7-17(24-8-9-25-17)10-11(16)4-5-12-13(22(2)19-14(12)16)15-18-21-23(3)20-15/h11H,4-10H2,1-3H3/t11?,16-/m0/s1. The van der Waals surface area contributed by atoms with Crippen LogP contribution in [0.4, 0.5) is 0 Å². The van der Waals surface area contributed by atoms with Crippen molar-refractivity contribution in [1.82, 2.24) is 30.0 Å². The van der Waals surface area contributed by atoms with Crippen LogP contribution >= 0.6 is 0 Å². The fourth-order valence-electron chi connectivity index (χ4n) is 5.09. The maximum Gasteiger partial charge on any atom is 0.223 e. The molecule has 0 aromatic carbocycles. The van der Waals surface area contributed by atoms with E-state index in [1.165, 1.54) is 16.1 Å². The molecule has 3 heterocycles. The number of nitrogens with zero attached hydrogens (tertiary/aromatic N) is 6. The van der Waals surface area contributed by atoms with Crippen molar-refractivity contribution >= 4 is 0 Å². The van der Waals surface area contributed by atoms with Gasteiger partial charge in [0.05, 0.1) is 26.0 Å². The van der Waals surface area contributed by atoms with E-state index in [9.17, 15) is 0 Å². The average molecular weight is 344 g/mol. The van der Waals surface area contributed by atoms with Gasteiger partial charge in [-0.05, 0) is 30.4 Å². The second-order valence-electron chi connectivity index (χ2n) is 7.87. The minimum atomic E-state index is -0.342. The first-order valence-electron chi connectivity index (χ1n) is 9.09. The second kappa shape index (κ2) is 5.11. The van der Waals surface area contributed by atoms with E-state index < -0.39 is 0 Å². The van der Waals surface area contributed by atoms with Gasteiger partial charge in [0.2, 0.25) is 5.82 Å². The fraction of sp³-hybridized carbons (Fsp3) is 0.765. The molecule has 1 saturated heterocycles. The Bertz CT molecular complexity index is 821. The highest BCUT2D eigenvalue weighted by molar-refractivity contribution is 5.58. The largest absolute Gasteiger partial charge is 0.348 e. The summed E-state index contributed by atoms with van der Waals surface area (Å²) in [5.74, 6) is 0.853. The van der Waals surface area contributed by atoms with Gasteiger partial charge in [-0.15, -0.1) is 10.2 Å². The molecule has 2 aromatic rings. The van der Waals surface area contributed by atoms with E-state index >= 15 is 0 Å². The number of hydrogen-bond acceptors (Lipinski definition) is 6. The Morgan fingerprint density at radius 3 is 2.64 bits per heavy atom. The molecule has 1 spiro atoms. The molecule has 0 N–H and O–H groups in total. The molecule has 134 valence electrons. The molecule has 0 bridgehead atoms. The first-order valence-corrected chi connectivity index (χ1v) is 9.09. The molecule has 3 aliphatic rings. The minimum Gasteiger partial charge on any atom is -0.348 e.